The number of nitro benzene ring substituents is 1. The van der Waals surface area contributed by atoms with Gasteiger partial charge in [-0.1, -0.05) is 18.2 Å². The quantitative estimate of drug-likeness (QED) is 0.554. The number of hydrogen-bond acceptors (Lipinski definition) is 6. The maximum atomic E-state index is 12.8. The van der Waals surface area contributed by atoms with E-state index in [9.17, 15) is 18.5 Å². The first-order valence-electron chi connectivity index (χ1n) is 7.11. The van der Waals surface area contributed by atoms with E-state index in [1.807, 2.05) is 0 Å². The lowest BCUT2D eigenvalue weighted by molar-refractivity contribution is -0.384. The van der Waals surface area contributed by atoms with Crippen LogP contribution in [0.25, 0.3) is 10.9 Å². The Morgan fingerprint density at radius 2 is 1.92 bits per heavy atom. The molecule has 0 radical (unpaired) electrons. The summed E-state index contributed by atoms with van der Waals surface area (Å²) >= 11 is 0. The zero-order valence-electron chi connectivity index (χ0n) is 13.0. The lowest BCUT2D eigenvalue weighted by Crippen LogP contribution is -2.14. The molecule has 1 heterocycles. The molecule has 0 saturated carbocycles. The number of nitro groups is 1. The molecule has 9 heteroatoms. The molecule has 0 aliphatic heterocycles. The topological polar surface area (TPSA) is 111 Å². The number of para-hydroxylation sites is 1. The van der Waals surface area contributed by atoms with Crippen LogP contribution in [0.5, 0.6) is 5.75 Å². The van der Waals surface area contributed by atoms with Gasteiger partial charge in [0.15, 0.2) is 0 Å². The molecular formula is C16H13N3O5S. The number of non-ortho nitro benzene ring substituents is 1. The second kappa shape index (κ2) is 6.36. The van der Waals surface area contributed by atoms with E-state index >= 15 is 0 Å². The van der Waals surface area contributed by atoms with Gasteiger partial charge in [-0.15, -0.1) is 0 Å². The Hall–Kier alpha value is -3.20. The Balaban J connectivity index is 2.10. The molecule has 0 aliphatic rings. The van der Waals surface area contributed by atoms with Gasteiger partial charge in [0.1, 0.15) is 10.6 Å². The zero-order valence-corrected chi connectivity index (χ0v) is 13.9. The van der Waals surface area contributed by atoms with Gasteiger partial charge in [-0.3, -0.25) is 19.8 Å². The minimum atomic E-state index is -4.03. The molecule has 0 atom stereocenters. The number of sulfonamides is 1. The highest BCUT2D eigenvalue weighted by atomic mass is 32.2. The van der Waals surface area contributed by atoms with Gasteiger partial charge in [0.05, 0.1) is 23.2 Å². The molecule has 3 rings (SSSR count). The van der Waals surface area contributed by atoms with Crippen molar-refractivity contribution in [1.29, 1.82) is 0 Å². The standard InChI is InChI=1S/C16H13N3O5S/c1-24-14-8-7-12(19(20)21)10-13(14)18-25(22,23)15-6-2-4-11-5-3-9-17-16(11)15/h2-10,18H,1H3. The molecule has 0 fully saturated rings. The fourth-order valence-electron chi connectivity index (χ4n) is 2.38. The second-order valence-corrected chi connectivity index (χ2v) is 6.73. The van der Waals surface area contributed by atoms with Gasteiger partial charge in [-0.2, -0.15) is 0 Å². The maximum Gasteiger partial charge on any atom is 0.271 e. The van der Waals surface area contributed by atoms with Gasteiger partial charge in [-0.05, 0) is 18.2 Å². The summed E-state index contributed by atoms with van der Waals surface area (Å²) in [6.45, 7) is 0. The normalized spacial score (nSPS) is 11.2. The summed E-state index contributed by atoms with van der Waals surface area (Å²) in [5.41, 5.74) is 0.0288. The number of benzene rings is 2. The second-order valence-electron chi connectivity index (χ2n) is 5.08. The summed E-state index contributed by atoms with van der Waals surface area (Å²) in [6.07, 6.45) is 1.50. The number of methoxy groups -OCH3 is 1. The molecule has 0 aliphatic carbocycles. The summed E-state index contributed by atoms with van der Waals surface area (Å²) in [7, 11) is -2.68. The van der Waals surface area contributed by atoms with Gasteiger partial charge >= 0.3 is 0 Å². The molecular weight excluding hydrogens is 346 g/mol. The van der Waals surface area contributed by atoms with Crippen molar-refractivity contribution in [2.75, 3.05) is 11.8 Å². The van der Waals surface area contributed by atoms with Crippen LogP contribution in [0, 0.1) is 10.1 Å². The van der Waals surface area contributed by atoms with Crippen molar-refractivity contribution >= 4 is 32.3 Å². The monoisotopic (exact) mass is 359 g/mol. The predicted molar refractivity (Wildman–Crippen MR) is 92.2 cm³/mol. The van der Waals surface area contributed by atoms with Crippen molar-refractivity contribution in [3.8, 4) is 5.75 Å². The van der Waals surface area contributed by atoms with Crippen LogP contribution in [0.2, 0.25) is 0 Å². The van der Waals surface area contributed by atoms with Crippen LogP contribution in [-0.2, 0) is 10.0 Å². The first-order chi connectivity index (χ1) is 11.9. The third kappa shape index (κ3) is 3.22. The van der Waals surface area contributed by atoms with Crippen molar-refractivity contribution < 1.29 is 18.1 Å². The average Bonchev–Trinajstić information content (AvgIpc) is 2.60. The molecule has 2 aromatic carbocycles. The van der Waals surface area contributed by atoms with E-state index < -0.39 is 14.9 Å². The Morgan fingerprint density at radius 3 is 2.64 bits per heavy atom. The number of anilines is 1. The maximum absolute atomic E-state index is 12.8. The van der Waals surface area contributed by atoms with Crippen LogP contribution >= 0.6 is 0 Å². The number of pyridine rings is 1. The highest BCUT2D eigenvalue weighted by Crippen LogP contribution is 2.31. The van der Waals surface area contributed by atoms with E-state index in [0.717, 1.165) is 6.07 Å². The van der Waals surface area contributed by atoms with Crippen molar-refractivity contribution in [2.45, 2.75) is 4.90 Å². The summed E-state index contributed by atoms with van der Waals surface area (Å²) < 4.78 is 33.0. The molecule has 1 aromatic heterocycles. The molecule has 1 N–H and O–H groups in total. The molecule has 0 amide bonds. The Morgan fingerprint density at radius 1 is 1.16 bits per heavy atom. The number of rotatable bonds is 5. The highest BCUT2D eigenvalue weighted by molar-refractivity contribution is 7.93. The lowest BCUT2D eigenvalue weighted by atomic mass is 10.2. The van der Waals surface area contributed by atoms with Crippen LogP contribution in [0.4, 0.5) is 11.4 Å². The third-order valence-corrected chi connectivity index (χ3v) is 4.92. The number of nitrogens with one attached hydrogen (secondary N) is 1. The number of fused-ring (bicyclic) bond motifs is 1. The van der Waals surface area contributed by atoms with Gasteiger partial charge in [-0.25, -0.2) is 8.42 Å². The smallest absolute Gasteiger partial charge is 0.271 e. The molecule has 0 saturated heterocycles. The molecule has 3 aromatic rings. The number of nitrogens with zero attached hydrogens (tertiary/aromatic N) is 2. The minimum Gasteiger partial charge on any atom is -0.495 e. The number of aromatic nitrogens is 1. The highest BCUT2D eigenvalue weighted by Gasteiger charge is 2.21. The molecule has 0 unspecified atom stereocenters. The fourth-order valence-corrected chi connectivity index (χ4v) is 3.62. The van der Waals surface area contributed by atoms with E-state index in [-0.39, 0.29) is 22.0 Å². The van der Waals surface area contributed by atoms with Crippen molar-refractivity contribution in [2.24, 2.45) is 0 Å². The van der Waals surface area contributed by atoms with E-state index in [0.29, 0.717) is 10.9 Å². The van der Waals surface area contributed by atoms with Gasteiger partial charge in [0.25, 0.3) is 15.7 Å². The van der Waals surface area contributed by atoms with Crippen LogP contribution in [0.3, 0.4) is 0 Å². The largest absolute Gasteiger partial charge is 0.495 e. The van der Waals surface area contributed by atoms with E-state index in [4.69, 9.17) is 4.74 Å². The van der Waals surface area contributed by atoms with Crippen LogP contribution in [0.15, 0.2) is 59.6 Å². The Labute approximate surface area is 143 Å². The van der Waals surface area contributed by atoms with E-state index in [2.05, 4.69) is 9.71 Å². The Kier molecular flexibility index (Phi) is 4.24. The van der Waals surface area contributed by atoms with Crippen LogP contribution in [-0.4, -0.2) is 25.4 Å². The number of hydrogen-bond donors (Lipinski definition) is 1. The average molecular weight is 359 g/mol. The van der Waals surface area contributed by atoms with Crippen LogP contribution in [0.1, 0.15) is 0 Å². The zero-order chi connectivity index (χ0) is 18.0. The van der Waals surface area contributed by atoms with E-state index in [1.165, 1.54) is 31.5 Å². The third-order valence-electron chi connectivity index (χ3n) is 3.52. The molecule has 128 valence electrons. The summed E-state index contributed by atoms with van der Waals surface area (Å²) in [5.74, 6) is 0.169. The van der Waals surface area contributed by atoms with Gasteiger partial charge in [0, 0.05) is 23.7 Å². The first-order valence-corrected chi connectivity index (χ1v) is 8.60. The predicted octanol–water partition coefficient (Wildman–Crippen LogP) is 2.95. The molecule has 25 heavy (non-hydrogen) atoms. The minimum absolute atomic E-state index is 0.0235. The van der Waals surface area contributed by atoms with Crippen molar-refractivity contribution in [1.82, 2.24) is 4.98 Å². The number of ether oxygens (including phenoxy) is 1. The summed E-state index contributed by atoms with van der Waals surface area (Å²) in [5, 5.41) is 11.6. The van der Waals surface area contributed by atoms with E-state index in [1.54, 1.807) is 24.3 Å². The van der Waals surface area contributed by atoms with Crippen LogP contribution < -0.4 is 9.46 Å². The SMILES string of the molecule is COc1ccc([N+](=O)[O-])cc1NS(=O)(=O)c1cccc2cccnc12. The van der Waals surface area contributed by atoms with Crippen molar-refractivity contribution in [3.05, 3.63) is 64.8 Å². The molecule has 8 nitrogen and oxygen atoms in total. The molecule has 0 bridgehead atoms. The van der Waals surface area contributed by atoms with Crippen molar-refractivity contribution in [3.63, 3.8) is 0 Å². The summed E-state index contributed by atoms with van der Waals surface area (Å²) in [4.78, 5) is 14.4. The lowest BCUT2D eigenvalue weighted by Gasteiger charge is -2.12. The summed E-state index contributed by atoms with van der Waals surface area (Å²) in [6, 6.07) is 11.9. The molecule has 0 spiro atoms. The van der Waals surface area contributed by atoms with Gasteiger partial charge < -0.3 is 4.74 Å². The first kappa shape index (κ1) is 16.7. The fraction of sp³-hybridized carbons (Fsp3) is 0.0625. The van der Waals surface area contributed by atoms with Gasteiger partial charge in [0.2, 0.25) is 0 Å². The Bertz CT molecular complexity index is 1060.